The minimum Gasteiger partial charge on any atom is -0.493 e. The quantitative estimate of drug-likeness (QED) is 0.517. The molecular formula is C15H24INO3. The van der Waals surface area contributed by atoms with E-state index >= 15 is 0 Å². The topological polar surface area (TPSA) is 39.7 Å². The summed E-state index contributed by atoms with van der Waals surface area (Å²) >= 11 is 2.26. The number of hydrogen-bond donors (Lipinski definition) is 1. The Bertz CT molecular complexity index is 410. The van der Waals surface area contributed by atoms with Gasteiger partial charge in [0.2, 0.25) is 0 Å². The Labute approximate surface area is 135 Å². The maximum atomic E-state index is 5.50. The molecule has 0 bridgehead atoms. The number of ether oxygens (including phenoxy) is 3. The summed E-state index contributed by atoms with van der Waals surface area (Å²) in [5.41, 5.74) is 1.19. The summed E-state index contributed by atoms with van der Waals surface area (Å²) in [5, 5.41) is 3.41. The number of halogens is 1. The van der Waals surface area contributed by atoms with E-state index in [1.54, 1.807) is 14.2 Å². The van der Waals surface area contributed by atoms with Crippen molar-refractivity contribution in [2.75, 3.05) is 27.4 Å². The van der Waals surface area contributed by atoms with E-state index in [9.17, 15) is 0 Å². The standard InChI is InChI=1S/C15H24INO3/c1-11(2)20-7-5-6-17-10-12-8-13(16)15(19-4)14(9-12)18-3/h8-9,11,17H,5-7,10H2,1-4H3. The SMILES string of the molecule is COc1cc(CNCCCOC(C)C)cc(I)c1OC. The van der Waals surface area contributed by atoms with E-state index in [2.05, 4.69) is 47.8 Å². The number of rotatable bonds is 9. The Hall–Kier alpha value is -0.530. The average Bonchev–Trinajstić information content (AvgIpc) is 2.41. The lowest BCUT2D eigenvalue weighted by atomic mass is 10.2. The van der Waals surface area contributed by atoms with Crippen molar-refractivity contribution in [1.82, 2.24) is 5.32 Å². The fourth-order valence-corrected chi connectivity index (χ4v) is 2.71. The van der Waals surface area contributed by atoms with Crippen LogP contribution in [0.2, 0.25) is 0 Å². The van der Waals surface area contributed by atoms with Crippen LogP contribution in [-0.4, -0.2) is 33.5 Å². The average molecular weight is 393 g/mol. The molecule has 0 aromatic heterocycles. The zero-order valence-corrected chi connectivity index (χ0v) is 14.8. The summed E-state index contributed by atoms with van der Waals surface area (Å²) in [6.07, 6.45) is 1.32. The second-order valence-electron chi connectivity index (χ2n) is 4.76. The van der Waals surface area contributed by atoms with Gasteiger partial charge in [-0.2, -0.15) is 0 Å². The first kappa shape index (κ1) is 17.5. The number of benzene rings is 1. The van der Waals surface area contributed by atoms with Gasteiger partial charge in [-0.25, -0.2) is 0 Å². The molecule has 0 aliphatic carbocycles. The highest BCUT2D eigenvalue weighted by atomic mass is 127. The number of hydrogen-bond acceptors (Lipinski definition) is 4. The predicted octanol–water partition coefficient (Wildman–Crippen LogP) is 3.21. The fourth-order valence-electron chi connectivity index (χ4n) is 1.82. The smallest absolute Gasteiger partial charge is 0.174 e. The lowest BCUT2D eigenvalue weighted by molar-refractivity contribution is 0.0770. The highest BCUT2D eigenvalue weighted by molar-refractivity contribution is 14.1. The highest BCUT2D eigenvalue weighted by Gasteiger charge is 2.10. The van der Waals surface area contributed by atoms with E-state index in [0.29, 0.717) is 6.10 Å². The van der Waals surface area contributed by atoms with E-state index in [1.165, 1.54) is 5.56 Å². The summed E-state index contributed by atoms with van der Waals surface area (Å²) in [6.45, 7) is 6.67. The molecule has 1 aromatic carbocycles. The van der Waals surface area contributed by atoms with E-state index < -0.39 is 0 Å². The zero-order valence-electron chi connectivity index (χ0n) is 12.7. The Morgan fingerprint density at radius 3 is 2.55 bits per heavy atom. The molecule has 0 saturated heterocycles. The van der Waals surface area contributed by atoms with Gasteiger partial charge >= 0.3 is 0 Å². The van der Waals surface area contributed by atoms with Crippen LogP contribution in [0.3, 0.4) is 0 Å². The molecule has 20 heavy (non-hydrogen) atoms. The van der Waals surface area contributed by atoms with Crippen LogP contribution in [0.25, 0.3) is 0 Å². The van der Waals surface area contributed by atoms with Crippen molar-refractivity contribution in [1.29, 1.82) is 0 Å². The number of nitrogens with one attached hydrogen (secondary N) is 1. The van der Waals surface area contributed by atoms with Crippen molar-refractivity contribution >= 4 is 22.6 Å². The molecule has 0 saturated carbocycles. The van der Waals surface area contributed by atoms with Crippen molar-refractivity contribution in [3.63, 3.8) is 0 Å². The largest absolute Gasteiger partial charge is 0.493 e. The van der Waals surface area contributed by atoms with Crippen LogP contribution >= 0.6 is 22.6 Å². The van der Waals surface area contributed by atoms with Crippen molar-refractivity contribution in [3.8, 4) is 11.5 Å². The predicted molar refractivity (Wildman–Crippen MR) is 89.7 cm³/mol. The molecule has 1 N–H and O–H groups in total. The van der Waals surface area contributed by atoms with Crippen LogP contribution < -0.4 is 14.8 Å². The Morgan fingerprint density at radius 2 is 1.95 bits per heavy atom. The fraction of sp³-hybridized carbons (Fsp3) is 0.600. The first-order valence-electron chi connectivity index (χ1n) is 6.81. The minimum atomic E-state index is 0.308. The summed E-state index contributed by atoms with van der Waals surface area (Å²) in [5.74, 6) is 1.57. The summed E-state index contributed by atoms with van der Waals surface area (Å²) in [7, 11) is 3.32. The molecule has 0 aliphatic heterocycles. The molecule has 114 valence electrons. The lowest BCUT2D eigenvalue weighted by Gasteiger charge is -2.13. The highest BCUT2D eigenvalue weighted by Crippen LogP contribution is 2.33. The van der Waals surface area contributed by atoms with E-state index in [-0.39, 0.29) is 0 Å². The molecule has 1 rings (SSSR count). The molecule has 0 radical (unpaired) electrons. The molecule has 0 spiro atoms. The maximum absolute atomic E-state index is 5.50. The molecule has 0 unspecified atom stereocenters. The first-order chi connectivity index (χ1) is 9.58. The van der Waals surface area contributed by atoms with Gasteiger partial charge in [0.25, 0.3) is 0 Å². The van der Waals surface area contributed by atoms with Gasteiger partial charge in [0.15, 0.2) is 11.5 Å². The van der Waals surface area contributed by atoms with Crippen LogP contribution in [-0.2, 0) is 11.3 Å². The Morgan fingerprint density at radius 1 is 1.20 bits per heavy atom. The Kier molecular flexibility index (Phi) is 8.25. The molecule has 1 aromatic rings. The van der Waals surface area contributed by atoms with Gasteiger partial charge in [-0.15, -0.1) is 0 Å². The van der Waals surface area contributed by atoms with Crippen molar-refractivity contribution < 1.29 is 14.2 Å². The Balaban J connectivity index is 2.42. The van der Waals surface area contributed by atoms with Gasteiger partial charge < -0.3 is 19.5 Å². The van der Waals surface area contributed by atoms with Crippen LogP contribution in [0.5, 0.6) is 11.5 Å². The van der Waals surface area contributed by atoms with Crippen LogP contribution in [0.15, 0.2) is 12.1 Å². The van der Waals surface area contributed by atoms with E-state index in [4.69, 9.17) is 14.2 Å². The van der Waals surface area contributed by atoms with Crippen molar-refractivity contribution in [3.05, 3.63) is 21.3 Å². The second-order valence-corrected chi connectivity index (χ2v) is 5.93. The van der Waals surface area contributed by atoms with Gasteiger partial charge in [-0.3, -0.25) is 0 Å². The van der Waals surface area contributed by atoms with Gasteiger partial charge in [0.1, 0.15) is 0 Å². The van der Waals surface area contributed by atoms with E-state index in [0.717, 1.165) is 41.2 Å². The molecule has 5 heteroatoms. The summed E-state index contributed by atoms with van der Waals surface area (Å²) < 4.78 is 17.2. The second kappa shape index (κ2) is 9.41. The molecule has 4 nitrogen and oxygen atoms in total. The normalized spacial score (nSPS) is 10.9. The molecule has 0 amide bonds. The zero-order chi connectivity index (χ0) is 15.0. The van der Waals surface area contributed by atoms with Crippen LogP contribution in [0, 0.1) is 3.57 Å². The summed E-state index contributed by atoms with van der Waals surface area (Å²) in [6, 6.07) is 4.12. The van der Waals surface area contributed by atoms with E-state index in [1.807, 2.05) is 6.07 Å². The van der Waals surface area contributed by atoms with Crippen LogP contribution in [0.4, 0.5) is 0 Å². The van der Waals surface area contributed by atoms with Gasteiger partial charge in [-0.05, 0) is 67.1 Å². The number of methoxy groups -OCH3 is 2. The third-order valence-corrected chi connectivity index (χ3v) is 3.57. The molecule has 0 atom stereocenters. The monoisotopic (exact) mass is 393 g/mol. The molecular weight excluding hydrogens is 369 g/mol. The van der Waals surface area contributed by atoms with Gasteiger partial charge in [-0.1, -0.05) is 0 Å². The minimum absolute atomic E-state index is 0.308. The molecule has 0 heterocycles. The first-order valence-corrected chi connectivity index (χ1v) is 7.89. The van der Waals surface area contributed by atoms with Gasteiger partial charge in [0.05, 0.1) is 23.9 Å². The van der Waals surface area contributed by atoms with Gasteiger partial charge in [0, 0.05) is 13.2 Å². The third kappa shape index (κ3) is 5.85. The summed E-state index contributed by atoms with van der Waals surface area (Å²) in [4.78, 5) is 0. The molecule has 0 fully saturated rings. The lowest BCUT2D eigenvalue weighted by Crippen LogP contribution is -2.17. The van der Waals surface area contributed by atoms with Crippen molar-refractivity contribution in [2.45, 2.75) is 32.9 Å². The molecule has 0 aliphatic rings. The third-order valence-electron chi connectivity index (χ3n) is 2.77. The van der Waals surface area contributed by atoms with Crippen LogP contribution in [0.1, 0.15) is 25.8 Å². The van der Waals surface area contributed by atoms with Crippen molar-refractivity contribution in [2.24, 2.45) is 0 Å². The maximum Gasteiger partial charge on any atom is 0.174 e.